The summed E-state index contributed by atoms with van der Waals surface area (Å²) in [4.78, 5) is 10.7. The minimum absolute atomic E-state index is 0.174. The molecule has 5 nitrogen and oxygen atoms in total. The van der Waals surface area contributed by atoms with Crippen molar-refractivity contribution in [2.75, 3.05) is 11.4 Å². The molecule has 1 aromatic carbocycles. The minimum atomic E-state index is -3.88. The van der Waals surface area contributed by atoms with Gasteiger partial charge in [0, 0.05) is 7.05 Å². The largest absolute Gasteiger partial charge is 0.477 e. The van der Waals surface area contributed by atoms with Crippen molar-refractivity contribution < 1.29 is 18.3 Å². The van der Waals surface area contributed by atoms with Gasteiger partial charge in [-0.25, -0.2) is 13.2 Å². The van der Waals surface area contributed by atoms with Crippen molar-refractivity contribution in [2.24, 2.45) is 0 Å². The van der Waals surface area contributed by atoms with Gasteiger partial charge in [-0.1, -0.05) is 19.1 Å². The number of carboxylic acids is 1. The molecule has 21 heavy (non-hydrogen) atoms. The lowest BCUT2D eigenvalue weighted by molar-refractivity contribution is 0.0698. The molecule has 0 unspecified atom stereocenters. The van der Waals surface area contributed by atoms with Gasteiger partial charge in [-0.3, -0.25) is 4.31 Å². The number of carbonyl (C=O) groups is 1. The van der Waals surface area contributed by atoms with E-state index in [0.29, 0.717) is 5.69 Å². The number of benzene rings is 1. The van der Waals surface area contributed by atoms with Crippen LogP contribution >= 0.6 is 11.3 Å². The molecular formula is C14H15NO4S2. The molecule has 1 N–H and O–H groups in total. The maximum atomic E-state index is 12.5. The Labute approximate surface area is 127 Å². The van der Waals surface area contributed by atoms with Crippen LogP contribution in [-0.4, -0.2) is 26.5 Å². The second-order valence-corrected chi connectivity index (χ2v) is 7.27. The Morgan fingerprint density at radius 3 is 2.38 bits per heavy atom. The number of anilines is 1. The van der Waals surface area contributed by atoms with Crippen LogP contribution in [0.3, 0.4) is 0 Å². The Hall–Kier alpha value is -1.86. The zero-order valence-corrected chi connectivity index (χ0v) is 13.2. The molecule has 0 saturated carbocycles. The third-order valence-corrected chi connectivity index (χ3v) is 6.03. The number of aryl methyl sites for hydroxylation is 1. The number of hydrogen-bond donors (Lipinski definition) is 1. The molecule has 0 spiro atoms. The van der Waals surface area contributed by atoms with E-state index in [1.807, 2.05) is 19.1 Å². The topological polar surface area (TPSA) is 74.7 Å². The van der Waals surface area contributed by atoms with E-state index in [1.165, 1.54) is 18.5 Å². The van der Waals surface area contributed by atoms with Crippen LogP contribution in [0.15, 0.2) is 40.6 Å². The van der Waals surface area contributed by atoms with E-state index in [2.05, 4.69) is 0 Å². The zero-order valence-electron chi connectivity index (χ0n) is 11.6. The molecule has 0 aliphatic heterocycles. The predicted molar refractivity (Wildman–Crippen MR) is 82.7 cm³/mol. The number of sulfonamides is 1. The average molecular weight is 325 g/mol. The van der Waals surface area contributed by atoms with Gasteiger partial charge < -0.3 is 5.11 Å². The molecular weight excluding hydrogens is 310 g/mol. The molecule has 112 valence electrons. The highest BCUT2D eigenvalue weighted by atomic mass is 32.2. The first-order chi connectivity index (χ1) is 9.87. The quantitative estimate of drug-likeness (QED) is 0.917. The van der Waals surface area contributed by atoms with Gasteiger partial charge in [0.1, 0.15) is 9.77 Å². The average Bonchev–Trinajstić information content (AvgIpc) is 2.97. The molecule has 0 atom stereocenters. The first-order valence-corrected chi connectivity index (χ1v) is 8.58. The van der Waals surface area contributed by atoms with Crippen molar-refractivity contribution in [3.05, 3.63) is 46.2 Å². The number of rotatable bonds is 5. The summed E-state index contributed by atoms with van der Waals surface area (Å²) in [5.41, 5.74) is 1.60. The fraction of sp³-hybridized carbons (Fsp3) is 0.214. The fourth-order valence-electron chi connectivity index (χ4n) is 1.88. The third kappa shape index (κ3) is 2.93. The van der Waals surface area contributed by atoms with Gasteiger partial charge in [0.2, 0.25) is 0 Å². The Kier molecular flexibility index (Phi) is 4.34. The lowest BCUT2D eigenvalue weighted by Crippen LogP contribution is -2.27. The van der Waals surface area contributed by atoms with Crippen LogP contribution in [0.4, 0.5) is 5.69 Å². The molecule has 0 aliphatic carbocycles. The molecule has 7 heteroatoms. The van der Waals surface area contributed by atoms with Gasteiger partial charge in [-0.15, -0.1) is 11.3 Å². The van der Waals surface area contributed by atoms with Crippen LogP contribution in [0.5, 0.6) is 0 Å². The highest BCUT2D eigenvalue weighted by Crippen LogP contribution is 2.28. The van der Waals surface area contributed by atoms with Crippen LogP contribution in [0.25, 0.3) is 0 Å². The molecule has 1 aromatic heterocycles. The lowest BCUT2D eigenvalue weighted by Gasteiger charge is -2.19. The zero-order chi connectivity index (χ0) is 15.6. The number of carboxylic acid groups (broad SMARTS) is 1. The second kappa shape index (κ2) is 5.87. The Bertz CT molecular complexity index is 748. The summed E-state index contributed by atoms with van der Waals surface area (Å²) >= 11 is 0.898. The minimum Gasteiger partial charge on any atom is -0.477 e. The summed E-state index contributed by atoms with van der Waals surface area (Å²) in [6.07, 6.45) is 0.866. The molecule has 0 radical (unpaired) electrons. The van der Waals surface area contributed by atoms with Gasteiger partial charge in [0.25, 0.3) is 10.0 Å². The van der Waals surface area contributed by atoms with Gasteiger partial charge in [-0.05, 0) is 35.6 Å². The molecule has 0 fully saturated rings. The van der Waals surface area contributed by atoms with Crippen molar-refractivity contribution in [3.8, 4) is 0 Å². The molecule has 2 rings (SSSR count). The van der Waals surface area contributed by atoms with Crippen molar-refractivity contribution in [3.63, 3.8) is 0 Å². The summed E-state index contributed by atoms with van der Waals surface area (Å²) in [5.74, 6) is -1.24. The van der Waals surface area contributed by atoms with E-state index in [0.717, 1.165) is 27.6 Å². The first-order valence-electron chi connectivity index (χ1n) is 6.26. The number of nitrogens with zero attached hydrogens (tertiary/aromatic N) is 1. The van der Waals surface area contributed by atoms with Crippen LogP contribution in [0.2, 0.25) is 0 Å². The SMILES string of the molecule is CCc1ccc(N(C)S(=O)(=O)c2ccsc2C(=O)O)cc1. The van der Waals surface area contributed by atoms with Gasteiger partial charge in [-0.2, -0.15) is 0 Å². The smallest absolute Gasteiger partial charge is 0.347 e. The van der Waals surface area contributed by atoms with Crippen molar-refractivity contribution in [1.82, 2.24) is 0 Å². The molecule has 2 aromatic rings. The molecule has 0 saturated heterocycles. The predicted octanol–water partition coefficient (Wildman–Crippen LogP) is 2.83. The fourth-order valence-corrected chi connectivity index (χ4v) is 4.31. The van der Waals surface area contributed by atoms with E-state index in [4.69, 9.17) is 5.11 Å². The van der Waals surface area contributed by atoms with E-state index >= 15 is 0 Å². The standard InChI is InChI=1S/C14H15NO4S2/c1-3-10-4-6-11(7-5-10)15(2)21(18,19)12-8-9-20-13(12)14(16)17/h4-9H,3H2,1-2H3,(H,16,17). The Morgan fingerprint density at radius 2 is 1.86 bits per heavy atom. The Morgan fingerprint density at radius 1 is 1.24 bits per heavy atom. The van der Waals surface area contributed by atoms with Crippen LogP contribution in [-0.2, 0) is 16.4 Å². The molecule has 0 bridgehead atoms. The van der Waals surface area contributed by atoms with Crippen molar-refractivity contribution >= 4 is 33.0 Å². The van der Waals surface area contributed by atoms with E-state index in [-0.39, 0.29) is 9.77 Å². The molecule has 1 heterocycles. The number of hydrogen-bond acceptors (Lipinski definition) is 4. The van der Waals surface area contributed by atoms with E-state index < -0.39 is 16.0 Å². The van der Waals surface area contributed by atoms with E-state index in [9.17, 15) is 13.2 Å². The van der Waals surface area contributed by atoms with Gasteiger partial charge in [0.05, 0.1) is 5.69 Å². The highest BCUT2D eigenvalue weighted by molar-refractivity contribution is 7.93. The third-order valence-electron chi connectivity index (χ3n) is 3.17. The lowest BCUT2D eigenvalue weighted by atomic mass is 10.1. The number of aromatic carboxylic acids is 1. The summed E-state index contributed by atoms with van der Waals surface area (Å²) < 4.78 is 26.2. The second-order valence-electron chi connectivity index (χ2n) is 4.41. The van der Waals surface area contributed by atoms with Crippen LogP contribution < -0.4 is 4.31 Å². The van der Waals surface area contributed by atoms with Gasteiger partial charge >= 0.3 is 5.97 Å². The molecule has 0 aliphatic rings. The van der Waals surface area contributed by atoms with E-state index in [1.54, 1.807) is 12.1 Å². The molecule has 0 amide bonds. The van der Waals surface area contributed by atoms with Crippen LogP contribution in [0, 0.1) is 0 Å². The summed E-state index contributed by atoms with van der Waals surface area (Å²) in [5, 5.41) is 10.5. The van der Waals surface area contributed by atoms with Crippen LogP contribution in [0.1, 0.15) is 22.2 Å². The monoisotopic (exact) mass is 325 g/mol. The summed E-state index contributed by atoms with van der Waals surface area (Å²) in [7, 11) is -2.46. The maximum absolute atomic E-state index is 12.5. The highest BCUT2D eigenvalue weighted by Gasteiger charge is 2.28. The Balaban J connectivity index is 2.42. The van der Waals surface area contributed by atoms with Crippen molar-refractivity contribution in [2.45, 2.75) is 18.2 Å². The number of thiophene rings is 1. The maximum Gasteiger partial charge on any atom is 0.347 e. The van der Waals surface area contributed by atoms with Gasteiger partial charge in [0.15, 0.2) is 0 Å². The van der Waals surface area contributed by atoms with Crippen molar-refractivity contribution in [1.29, 1.82) is 0 Å². The first kappa shape index (κ1) is 15.5. The summed E-state index contributed by atoms with van der Waals surface area (Å²) in [6, 6.07) is 8.45. The summed E-state index contributed by atoms with van der Waals surface area (Å²) in [6.45, 7) is 2.01. The normalized spacial score (nSPS) is 11.3.